The Labute approximate surface area is 132 Å². The van der Waals surface area contributed by atoms with Crippen LogP contribution in [0.5, 0.6) is 0 Å². The second-order valence-corrected chi connectivity index (χ2v) is 6.98. The van der Waals surface area contributed by atoms with Gasteiger partial charge in [-0.25, -0.2) is 0 Å². The van der Waals surface area contributed by atoms with Crippen LogP contribution in [0.4, 0.5) is 0 Å². The molecule has 1 aromatic rings. The van der Waals surface area contributed by atoms with E-state index in [0.29, 0.717) is 22.4 Å². The van der Waals surface area contributed by atoms with E-state index in [2.05, 4.69) is 26.8 Å². The fraction of sp³-hybridized carbons (Fsp3) is 0.500. The third kappa shape index (κ3) is 3.28. The number of rotatable bonds is 3. The Kier molecular flexibility index (Phi) is 4.29. The molecule has 0 heterocycles. The number of carbonyl (C=O) groups excluding carboxylic acids is 2. The standard InChI is InChI=1S/C16H19BrN2O2/c17-14-4-2-1-3-13(14)16(21)19-18-15(20)9-12-8-10-5-6-11(12)7-10/h1-4,10-12H,5-9H2,(H,18,20)(H,19,21)/t10-,11+,12+/m0/s1. The van der Waals surface area contributed by atoms with Crippen molar-refractivity contribution < 1.29 is 9.59 Å². The molecule has 1 aromatic carbocycles. The van der Waals surface area contributed by atoms with E-state index in [9.17, 15) is 9.59 Å². The molecular formula is C16H19BrN2O2. The van der Waals surface area contributed by atoms with Crippen LogP contribution in [0.1, 0.15) is 42.5 Å². The lowest BCUT2D eigenvalue weighted by Gasteiger charge is -2.20. The van der Waals surface area contributed by atoms with Gasteiger partial charge in [-0.15, -0.1) is 0 Å². The average Bonchev–Trinajstić information content (AvgIpc) is 3.08. The van der Waals surface area contributed by atoms with E-state index in [4.69, 9.17) is 0 Å². The van der Waals surface area contributed by atoms with E-state index < -0.39 is 0 Å². The van der Waals surface area contributed by atoms with Gasteiger partial charge in [0.1, 0.15) is 0 Å². The van der Waals surface area contributed by atoms with Gasteiger partial charge in [-0.3, -0.25) is 20.4 Å². The maximum atomic E-state index is 12.0. The van der Waals surface area contributed by atoms with Gasteiger partial charge in [0.15, 0.2) is 0 Å². The minimum atomic E-state index is -0.302. The van der Waals surface area contributed by atoms with Crippen molar-refractivity contribution in [3.8, 4) is 0 Å². The van der Waals surface area contributed by atoms with Gasteiger partial charge >= 0.3 is 0 Å². The molecule has 2 amide bonds. The fourth-order valence-corrected chi connectivity index (χ4v) is 4.22. The van der Waals surface area contributed by atoms with Gasteiger partial charge in [0.05, 0.1) is 5.56 Å². The van der Waals surface area contributed by atoms with Gasteiger partial charge in [0, 0.05) is 10.9 Å². The predicted molar refractivity (Wildman–Crippen MR) is 83.3 cm³/mol. The highest BCUT2D eigenvalue weighted by Gasteiger charge is 2.40. The number of hydrogen-bond donors (Lipinski definition) is 2. The maximum Gasteiger partial charge on any atom is 0.270 e. The van der Waals surface area contributed by atoms with Crippen LogP contribution in [0.2, 0.25) is 0 Å². The van der Waals surface area contributed by atoms with Gasteiger partial charge in [0.25, 0.3) is 5.91 Å². The summed E-state index contributed by atoms with van der Waals surface area (Å²) in [5, 5.41) is 0. The first-order valence-electron chi connectivity index (χ1n) is 7.47. The Morgan fingerprint density at radius 1 is 1.14 bits per heavy atom. The zero-order chi connectivity index (χ0) is 14.8. The molecule has 0 aliphatic heterocycles. The van der Waals surface area contributed by atoms with Crippen LogP contribution in [0, 0.1) is 17.8 Å². The Balaban J connectivity index is 1.48. The molecule has 21 heavy (non-hydrogen) atoms. The number of fused-ring (bicyclic) bond motifs is 2. The molecule has 0 spiro atoms. The van der Waals surface area contributed by atoms with Crippen LogP contribution >= 0.6 is 15.9 Å². The third-order valence-corrected chi connectivity index (χ3v) is 5.46. The first-order valence-corrected chi connectivity index (χ1v) is 8.26. The Bertz CT molecular complexity index is 561. The quantitative estimate of drug-likeness (QED) is 0.823. The van der Waals surface area contributed by atoms with Crippen molar-refractivity contribution in [1.29, 1.82) is 0 Å². The number of carbonyl (C=O) groups is 2. The molecule has 0 unspecified atom stereocenters. The highest BCUT2D eigenvalue weighted by Crippen LogP contribution is 2.49. The molecule has 2 fully saturated rings. The normalized spacial score (nSPS) is 26.6. The van der Waals surface area contributed by atoms with Crippen molar-refractivity contribution in [3.05, 3.63) is 34.3 Å². The first kappa shape index (κ1) is 14.6. The van der Waals surface area contributed by atoms with Gasteiger partial charge in [-0.1, -0.05) is 18.6 Å². The molecule has 2 saturated carbocycles. The average molecular weight is 351 g/mol. The van der Waals surface area contributed by atoms with Crippen LogP contribution in [-0.2, 0) is 4.79 Å². The van der Waals surface area contributed by atoms with Crippen molar-refractivity contribution in [2.45, 2.75) is 32.1 Å². The number of hydrogen-bond acceptors (Lipinski definition) is 2. The summed E-state index contributed by atoms with van der Waals surface area (Å²) < 4.78 is 0.713. The largest absolute Gasteiger partial charge is 0.273 e. The Hall–Kier alpha value is -1.36. The monoisotopic (exact) mass is 350 g/mol. The third-order valence-electron chi connectivity index (χ3n) is 4.77. The minimum Gasteiger partial charge on any atom is -0.273 e. The van der Waals surface area contributed by atoms with Crippen LogP contribution in [0.25, 0.3) is 0 Å². The summed E-state index contributed by atoms with van der Waals surface area (Å²) in [5.74, 6) is 1.67. The smallest absolute Gasteiger partial charge is 0.270 e. The van der Waals surface area contributed by atoms with E-state index in [1.54, 1.807) is 18.2 Å². The molecule has 5 heteroatoms. The molecule has 0 radical (unpaired) electrons. The van der Waals surface area contributed by atoms with E-state index in [0.717, 1.165) is 11.8 Å². The summed E-state index contributed by atoms with van der Waals surface area (Å²) in [5.41, 5.74) is 5.54. The van der Waals surface area contributed by atoms with Crippen LogP contribution in [0.3, 0.4) is 0 Å². The molecule has 112 valence electrons. The molecule has 2 aliphatic rings. The predicted octanol–water partition coefficient (Wildman–Crippen LogP) is 3.04. The molecule has 3 atom stereocenters. The van der Waals surface area contributed by atoms with E-state index in [1.807, 2.05) is 6.07 Å². The summed E-state index contributed by atoms with van der Waals surface area (Å²) in [6.45, 7) is 0. The Morgan fingerprint density at radius 3 is 2.62 bits per heavy atom. The molecule has 3 rings (SSSR count). The number of nitrogens with one attached hydrogen (secondary N) is 2. The number of amides is 2. The molecule has 0 aromatic heterocycles. The van der Waals surface area contributed by atoms with E-state index in [1.165, 1.54) is 25.7 Å². The van der Waals surface area contributed by atoms with Crippen molar-refractivity contribution >= 4 is 27.7 Å². The molecule has 2 aliphatic carbocycles. The second kappa shape index (κ2) is 6.18. The van der Waals surface area contributed by atoms with Crippen molar-refractivity contribution in [2.24, 2.45) is 17.8 Å². The highest BCUT2D eigenvalue weighted by atomic mass is 79.9. The lowest BCUT2D eigenvalue weighted by molar-refractivity contribution is -0.123. The number of benzene rings is 1. The van der Waals surface area contributed by atoms with Crippen molar-refractivity contribution in [2.75, 3.05) is 0 Å². The van der Waals surface area contributed by atoms with Crippen LogP contribution in [0.15, 0.2) is 28.7 Å². The first-order chi connectivity index (χ1) is 10.1. The topological polar surface area (TPSA) is 58.2 Å². The van der Waals surface area contributed by atoms with Gasteiger partial charge in [-0.2, -0.15) is 0 Å². The molecule has 2 N–H and O–H groups in total. The van der Waals surface area contributed by atoms with Crippen molar-refractivity contribution in [3.63, 3.8) is 0 Å². The van der Waals surface area contributed by atoms with Crippen molar-refractivity contribution in [1.82, 2.24) is 10.9 Å². The Morgan fingerprint density at radius 2 is 1.95 bits per heavy atom. The van der Waals surface area contributed by atoms with Crippen LogP contribution < -0.4 is 10.9 Å². The number of hydrazine groups is 1. The highest BCUT2D eigenvalue weighted by molar-refractivity contribution is 9.10. The second-order valence-electron chi connectivity index (χ2n) is 6.12. The van der Waals surface area contributed by atoms with E-state index in [-0.39, 0.29) is 11.8 Å². The van der Waals surface area contributed by atoms with Crippen LogP contribution in [-0.4, -0.2) is 11.8 Å². The summed E-state index contributed by atoms with van der Waals surface area (Å²) in [7, 11) is 0. The molecular weight excluding hydrogens is 332 g/mol. The summed E-state index contributed by atoms with van der Waals surface area (Å²) in [6, 6.07) is 7.14. The molecule has 0 saturated heterocycles. The zero-order valence-corrected chi connectivity index (χ0v) is 13.4. The maximum absolute atomic E-state index is 12.0. The number of halogens is 1. The SMILES string of the molecule is O=C(C[C@H]1C[C@H]2CC[C@@H]1C2)NNC(=O)c1ccccc1Br. The minimum absolute atomic E-state index is 0.0899. The zero-order valence-electron chi connectivity index (χ0n) is 11.8. The van der Waals surface area contributed by atoms with Gasteiger partial charge in [0.2, 0.25) is 5.91 Å². The molecule has 2 bridgehead atoms. The summed E-state index contributed by atoms with van der Waals surface area (Å²) in [6.07, 6.45) is 5.60. The lowest BCUT2D eigenvalue weighted by Crippen LogP contribution is -2.42. The molecule has 4 nitrogen and oxygen atoms in total. The van der Waals surface area contributed by atoms with E-state index >= 15 is 0 Å². The summed E-state index contributed by atoms with van der Waals surface area (Å²) >= 11 is 3.32. The van der Waals surface area contributed by atoms with Gasteiger partial charge < -0.3 is 0 Å². The fourth-order valence-electron chi connectivity index (χ4n) is 3.75. The lowest BCUT2D eigenvalue weighted by atomic mass is 9.86. The summed E-state index contributed by atoms with van der Waals surface area (Å²) in [4.78, 5) is 23.9. The van der Waals surface area contributed by atoms with Gasteiger partial charge in [-0.05, 0) is 65.1 Å².